The van der Waals surface area contributed by atoms with Crippen LogP contribution in [0.5, 0.6) is 11.5 Å². The Kier molecular flexibility index (Phi) is 2.99. The highest BCUT2D eigenvalue weighted by Crippen LogP contribution is 2.41. The Labute approximate surface area is 81.7 Å². The van der Waals surface area contributed by atoms with E-state index in [9.17, 15) is 0 Å². The van der Waals surface area contributed by atoms with Gasteiger partial charge in [-0.2, -0.15) is 0 Å². The molecule has 4 heteroatoms. The van der Waals surface area contributed by atoms with Gasteiger partial charge in [0, 0.05) is 0 Å². The predicted octanol–water partition coefficient (Wildman–Crippen LogP) is 2.91. The largest absolute Gasteiger partial charge is 0.493 e. The first kappa shape index (κ1) is 9.69. The van der Waals surface area contributed by atoms with Crippen LogP contribution in [0.4, 0.5) is 5.69 Å². The lowest BCUT2D eigenvalue weighted by Gasteiger charge is -2.09. The van der Waals surface area contributed by atoms with Crippen molar-refractivity contribution in [2.75, 3.05) is 14.2 Å². The molecule has 0 N–H and O–H groups in total. The zero-order valence-corrected chi connectivity index (χ0v) is 8.05. The molecule has 0 aliphatic heterocycles. The fourth-order valence-electron chi connectivity index (χ4n) is 0.965. The quantitative estimate of drug-likeness (QED) is 0.681. The van der Waals surface area contributed by atoms with E-state index >= 15 is 0 Å². The molecule has 68 valence electrons. The first-order valence-corrected chi connectivity index (χ1v) is 3.90. The van der Waals surface area contributed by atoms with E-state index in [0.29, 0.717) is 17.2 Å². The highest BCUT2D eigenvalue weighted by atomic mass is 35.5. The summed E-state index contributed by atoms with van der Waals surface area (Å²) < 4.78 is 10.0. The molecule has 1 aromatic carbocycles. The Hall–Kier alpha value is -1.40. The summed E-state index contributed by atoms with van der Waals surface area (Å²) in [6.07, 6.45) is 0. The topological polar surface area (TPSA) is 22.8 Å². The van der Waals surface area contributed by atoms with Crippen molar-refractivity contribution in [2.45, 2.75) is 0 Å². The summed E-state index contributed by atoms with van der Waals surface area (Å²) >= 11 is 5.87. The Morgan fingerprint density at radius 3 is 2.46 bits per heavy atom. The van der Waals surface area contributed by atoms with Crippen molar-refractivity contribution in [3.8, 4) is 11.5 Å². The van der Waals surface area contributed by atoms with E-state index in [1.165, 1.54) is 14.2 Å². The van der Waals surface area contributed by atoms with E-state index in [4.69, 9.17) is 27.6 Å². The van der Waals surface area contributed by atoms with Crippen LogP contribution in [-0.2, 0) is 0 Å². The molecule has 3 nitrogen and oxygen atoms in total. The van der Waals surface area contributed by atoms with Gasteiger partial charge >= 0.3 is 0 Å². The summed E-state index contributed by atoms with van der Waals surface area (Å²) in [4.78, 5) is 3.24. The Morgan fingerprint density at radius 1 is 1.31 bits per heavy atom. The van der Waals surface area contributed by atoms with Crippen molar-refractivity contribution >= 4 is 17.3 Å². The second-order valence-corrected chi connectivity index (χ2v) is 2.62. The van der Waals surface area contributed by atoms with E-state index in [1.807, 2.05) is 0 Å². The van der Waals surface area contributed by atoms with Crippen LogP contribution in [0.25, 0.3) is 4.85 Å². The molecule has 0 unspecified atom stereocenters. The summed E-state index contributed by atoms with van der Waals surface area (Å²) in [5, 5.41) is 0.289. The molecule has 0 spiro atoms. The van der Waals surface area contributed by atoms with Gasteiger partial charge in [0.2, 0.25) is 5.69 Å². The first-order valence-electron chi connectivity index (χ1n) is 3.52. The fraction of sp³-hybridized carbons (Fsp3) is 0.222. The number of nitrogens with zero attached hydrogens (tertiary/aromatic N) is 1. The molecule has 0 fully saturated rings. The molecule has 0 saturated heterocycles. The third-order valence-corrected chi connectivity index (χ3v) is 1.95. The molecule has 0 radical (unpaired) electrons. The molecule has 0 aliphatic rings. The minimum absolute atomic E-state index is 0.289. The molecule has 1 aromatic rings. The molecule has 0 bridgehead atoms. The van der Waals surface area contributed by atoms with Crippen LogP contribution in [-0.4, -0.2) is 14.2 Å². The molecule has 0 atom stereocenters. The molecule has 0 saturated carbocycles. The summed E-state index contributed by atoms with van der Waals surface area (Å²) in [6, 6.07) is 3.24. The van der Waals surface area contributed by atoms with E-state index in [2.05, 4.69) is 4.85 Å². The van der Waals surface area contributed by atoms with Gasteiger partial charge in [-0.25, -0.2) is 4.85 Å². The SMILES string of the molecule is [C-]#[N+]c1ccc(OC)c(OC)c1Cl. The van der Waals surface area contributed by atoms with Crippen molar-refractivity contribution in [2.24, 2.45) is 0 Å². The van der Waals surface area contributed by atoms with Crippen molar-refractivity contribution < 1.29 is 9.47 Å². The first-order chi connectivity index (χ1) is 6.24. The molecule has 0 aromatic heterocycles. The van der Waals surface area contributed by atoms with Crippen LogP contribution in [0.2, 0.25) is 5.02 Å². The fourth-order valence-corrected chi connectivity index (χ4v) is 1.24. The van der Waals surface area contributed by atoms with Gasteiger partial charge in [0.25, 0.3) is 0 Å². The Morgan fingerprint density at radius 2 is 2.00 bits per heavy atom. The Bertz CT molecular complexity index is 357. The van der Waals surface area contributed by atoms with Crippen molar-refractivity contribution in [3.05, 3.63) is 28.6 Å². The zero-order chi connectivity index (χ0) is 9.84. The van der Waals surface area contributed by atoms with Gasteiger partial charge in [0.1, 0.15) is 0 Å². The lowest BCUT2D eigenvalue weighted by molar-refractivity contribution is 0.355. The number of rotatable bonds is 2. The maximum absolute atomic E-state index is 6.83. The normalized spacial score (nSPS) is 9.08. The predicted molar refractivity (Wildman–Crippen MR) is 50.8 cm³/mol. The van der Waals surface area contributed by atoms with Crippen LogP contribution in [0, 0.1) is 6.57 Å². The van der Waals surface area contributed by atoms with Gasteiger partial charge in [-0.05, 0) is 6.07 Å². The number of halogens is 1. The van der Waals surface area contributed by atoms with Crippen LogP contribution < -0.4 is 9.47 Å². The van der Waals surface area contributed by atoms with Crippen LogP contribution in [0.3, 0.4) is 0 Å². The van der Waals surface area contributed by atoms with Gasteiger partial charge in [0.05, 0.1) is 25.8 Å². The number of methoxy groups -OCH3 is 2. The van der Waals surface area contributed by atoms with E-state index < -0.39 is 0 Å². The molecule has 0 heterocycles. The van der Waals surface area contributed by atoms with E-state index in [1.54, 1.807) is 12.1 Å². The summed E-state index contributed by atoms with van der Waals surface area (Å²) in [7, 11) is 3.00. The van der Waals surface area contributed by atoms with Crippen LogP contribution in [0.15, 0.2) is 12.1 Å². The minimum Gasteiger partial charge on any atom is -0.493 e. The molecular formula is C9H8ClNO2. The summed E-state index contributed by atoms with van der Waals surface area (Å²) in [5.41, 5.74) is 0.360. The minimum atomic E-state index is 0.289. The van der Waals surface area contributed by atoms with Gasteiger partial charge in [0.15, 0.2) is 11.5 Å². The average Bonchev–Trinajstić information content (AvgIpc) is 2.17. The van der Waals surface area contributed by atoms with Crippen molar-refractivity contribution in [1.29, 1.82) is 0 Å². The van der Waals surface area contributed by atoms with Crippen LogP contribution in [0.1, 0.15) is 0 Å². The van der Waals surface area contributed by atoms with Gasteiger partial charge in [-0.1, -0.05) is 17.7 Å². The molecule has 13 heavy (non-hydrogen) atoms. The second-order valence-electron chi connectivity index (χ2n) is 2.25. The molecular weight excluding hydrogens is 190 g/mol. The van der Waals surface area contributed by atoms with Gasteiger partial charge in [-0.3, -0.25) is 0 Å². The lowest BCUT2D eigenvalue weighted by atomic mass is 10.3. The molecule has 0 amide bonds. The van der Waals surface area contributed by atoms with Gasteiger partial charge in [-0.15, -0.1) is 0 Å². The maximum Gasteiger partial charge on any atom is 0.209 e. The van der Waals surface area contributed by atoms with E-state index in [0.717, 1.165) is 0 Å². The number of hydrogen-bond donors (Lipinski definition) is 0. The average molecular weight is 198 g/mol. The van der Waals surface area contributed by atoms with Gasteiger partial charge < -0.3 is 9.47 Å². The van der Waals surface area contributed by atoms with Crippen molar-refractivity contribution in [3.63, 3.8) is 0 Å². The second kappa shape index (κ2) is 4.01. The lowest BCUT2D eigenvalue weighted by Crippen LogP contribution is -1.90. The number of ether oxygens (including phenoxy) is 2. The smallest absolute Gasteiger partial charge is 0.209 e. The standard InChI is InChI=1S/C9H8ClNO2/c1-11-6-4-5-7(12-2)9(13-3)8(6)10/h4-5H,2-3H3. The maximum atomic E-state index is 6.83. The number of benzene rings is 1. The highest BCUT2D eigenvalue weighted by molar-refractivity contribution is 6.35. The molecule has 1 rings (SSSR count). The number of hydrogen-bond acceptors (Lipinski definition) is 2. The monoisotopic (exact) mass is 197 g/mol. The van der Waals surface area contributed by atoms with E-state index in [-0.39, 0.29) is 5.02 Å². The van der Waals surface area contributed by atoms with Crippen LogP contribution >= 0.6 is 11.6 Å². The highest BCUT2D eigenvalue weighted by Gasteiger charge is 2.12. The molecule has 0 aliphatic carbocycles. The third kappa shape index (κ3) is 1.68. The summed E-state index contributed by atoms with van der Waals surface area (Å²) in [5.74, 6) is 0.928. The summed E-state index contributed by atoms with van der Waals surface area (Å²) in [6.45, 7) is 6.83. The van der Waals surface area contributed by atoms with Crippen molar-refractivity contribution in [1.82, 2.24) is 0 Å². The Balaban J connectivity index is 3.34. The third-order valence-electron chi connectivity index (χ3n) is 1.59. The zero-order valence-electron chi connectivity index (χ0n) is 7.30.